The zero-order chi connectivity index (χ0) is 6.78. The van der Waals surface area contributed by atoms with Crippen LogP contribution in [0.2, 0.25) is 0 Å². The molecule has 0 N–H and O–H groups in total. The van der Waals surface area contributed by atoms with E-state index in [2.05, 4.69) is 4.72 Å². The van der Waals surface area contributed by atoms with Crippen LogP contribution < -0.4 is 4.72 Å². The Morgan fingerprint density at radius 1 is 1.38 bits per heavy atom. The summed E-state index contributed by atoms with van der Waals surface area (Å²) < 4.78 is 23.9. The van der Waals surface area contributed by atoms with Crippen molar-refractivity contribution in [3.63, 3.8) is 0 Å². The Labute approximate surface area is 50.1 Å². The van der Waals surface area contributed by atoms with Gasteiger partial charge in [-0.05, 0) is 13.8 Å². The average Bonchev–Trinajstić information content (AvgIpc) is 1.21. The van der Waals surface area contributed by atoms with E-state index in [-0.39, 0.29) is 6.04 Å². The van der Waals surface area contributed by atoms with Crippen molar-refractivity contribution in [1.82, 2.24) is 4.72 Å². The zero-order valence-electron chi connectivity index (χ0n) is 5.25. The van der Waals surface area contributed by atoms with Crippen molar-refractivity contribution in [3.8, 4) is 0 Å². The maximum atomic E-state index is 10.3. The van der Waals surface area contributed by atoms with Gasteiger partial charge in [0.05, 0.1) is 6.26 Å². The maximum Gasteiger partial charge on any atom is 0.225 e. The first-order valence-electron chi connectivity index (χ1n) is 2.34. The van der Waals surface area contributed by atoms with Crippen LogP contribution in [-0.4, -0.2) is 20.7 Å². The molecule has 0 fully saturated rings. The van der Waals surface area contributed by atoms with Gasteiger partial charge >= 0.3 is 0 Å². The number of sulfonamides is 1. The summed E-state index contributed by atoms with van der Waals surface area (Å²) in [4.78, 5) is 0. The molecule has 0 aliphatic rings. The van der Waals surface area contributed by atoms with Gasteiger partial charge in [0.1, 0.15) is 0 Å². The first-order valence-corrected chi connectivity index (χ1v) is 4.19. The molecule has 0 atom stereocenters. The Morgan fingerprint density at radius 2 is 1.75 bits per heavy atom. The Bertz CT molecular complexity index is 147. The summed E-state index contributed by atoms with van der Waals surface area (Å²) in [6.45, 7) is 3.45. The van der Waals surface area contributed by atoms with E-state index in [1.807, 2.05) is 0 Å². The van der Waals surface area contributed by atoms with Crippen molar-refractivity contribution in [2.75, 3.05) is 6.26 Å². The van der Waals surface area contributed by atoms with Crippen molar-refractivity contribution < 1.29 is 8.42 Å². The molecular formula is C4H10NO2S. The molecule has 0 aromatic heterocycles. The van der Waals surface area contributed by atoms with Gasteiger partial charge in [0.15, 0.2) is 0 Å². The van der Waals surface area contributed by atoms with Crippen LogP contribution in [0, 0.1) is 0 Å². The van der Waals surface area contributed by atoms with Crippen LogP contribution in [0.1, 0.15) is 13.8 Å². The minimum atomic E-state index is -3.10. The van der Waals surface area contributed by atoms with E-state index in [9.17, 15) is 8.42 Å². The van der Waals surface area contributed by atoms with Gasteiger partial charge < -0.3 is 0 Å². The quantitative estimate of drug-likeness (QED) is 0.534. The van der Waals surface area contributed by atoms with Crippen LogP contribution in [0.15, 0.2) is 0 Å². The molecule has 0 saturated heterocycles. The Morgan fingerprint density at radius 3 is 1.75 bits per heavy atom. The second kappa shape index (κ2) is 2.46. The molecule has 0 aromatic carbocycles. The number of nitrogens with zero attached hydrogens (tertiary/aromatic N) is 1. The van der Waals surface area contributed by atoms with Crippen molar-refractivity contribution in [3.05, 3.63) is 0 Å². The standard InChI is InChI=1S/C4H10NO2S/c1-4(2)5-8(3,6)7/h4H,1-3H3. The lowest BCUT2D eigenvalue weighted by Gasteiger charge is -1.99. The van der Waals surface area contributed by atoms with E-state index >= 15 is 0 Å². The lowest BCUT2D eigenvalue weighted by molar-refractivity contribution is 0.573. The fourth-order valence-electron chi connectivity index (χ4n) is 0.383. The third-order valence-electron chi connectivity index (χ3n) is 0.402. The fraction of sp³-hybridized carbons (Fsp3) is 1.00. The highest BCUT2D eigenvalue weighted by Gasteiger charge is 2.03. The monoisotopic (exact) mass is 136 g/mol. The zero-order valence-corrected chi connectivity index (χ0v) is 6.07. The minimum absolute atomic E-state index is 0.120. The molecule has 4 heteroatoms. The highest BCUT2D eigenvalue weighted by Crippen LogP contribution is 1.83. The van der Waals surface area contributed by atoms with E-state index in [4.69, 9.17) is 0 Å². The molecule has 49 valence electrons. The molecule has 0 spiro atoms. The van der Waals surface area contributed by atoms with Crippen LogP contribution in [0.25, 0.3) is 0 Å². The predicted octanol–water partition coefficient (Wildman–Crippen LogP) is -0.0412. The molecule has 0 amide bonds. The average molecular weight is 136 g/mol. The molecule has 0 saturated carbocycles. The number of rotatable bonds is 2. The molecule has 3 nitrogen and oxygen atoms in total. The second-order valence-electron chi connectivity index (χ2n) is 1.93. The fourth-order valence-corrected chi connectivity index (χ4v) is 1.15. The molecular weight excluding hydrogens is 126 g/mol. The first-order chi connectivity index (χ1) is 3.42. The van der Waals surface area contributed by atoms with Crippen molar-refractivity contribution in [2.45, 2.75) is 19.9 Å². The second-order valence-corrected chi connectivity index (χ2v) is 3.61. The molecule has 1 radical (unpaired) electrons. The molecule has 8 heavy (non-hydrogen) atoms. The summed E-state index contributed by atoms with van der Waals surface area (Å²) in [6, 6.07) is -0.120. The summed E-state index contributed by atoms with van der Waals surface area (Å²) >= 11 is 0. The highest BCUT2D eigenvalue weighted by atomic mass is 32.2. The van der Waals surface area contributed by atoms with E-state index in [1.165, 1.54) is 0 Å². The van der Waals surface area contributed by atoms with E-state index in [0.29, 0.717) is 0 Å². The van der Waals surface area contributed by atoms with Crippen molar-refractivity contribution in [1.29, 1.82) is 0 Å². The van der Waals surface area contributed by atoms with E-state index < -0.39 is 10.0 Å². The Hall–Kier alpha value is -0.0900. The normalized spacial score (nSPS) is 12.5. The molecule has 0 aliphatic carbocycles. The lowest BCUT2D eigenvalue weighted by Crippen LogP contribution is -2.20. The number of hydrogen-bond acceptors (Lipinski definition) is 2. The van der Waals surface area contributed by atoms with Crippen molar-refractivity contribution >= 4 is 10.0 Å². The van der Waals surface area contributed by atoms with Crippen molar-refractivity contribution in [2.24, 2.45) is 0 Å². The molecule has 0 aromatic rings. The maximum absolute atomic E-state index is 10.3. The van der Waals surface area contributed by atoms with Gasteiger partial charge in [0.2, 0.25) is 10.0 Å². The van der Waals surface area contributed by atoms with Gasteiger partial charge in [-0.15, -0.1) is 4.72 Å². The minimum Gasteiger partial charge on any atom is -0.211 e. The van der Waals surface area contributed by atoms with Crippen LogP contribution in [-0.2, 0) is 10.0 Å². The largest absolute Gasteiger partial charge is 0.225 e. The van der Waals surface area contributed by atoms with Crippen LogP contribution in [0.4, 0.5) is 0 Å². The lowest BCUT2D eigenvalue weighted by atomic mass is 10.4. The van der Waals surface area contributed by atoms with Gasteiger partial charge in [-0.3, -0.25) is 0 Å². The van der Waals surface area contributed by atoms with E-state index in [1.54, 1.807) is 13.8 Å². The molecule has 0 rings (SSSR count). The molecule has 0 aliphatic heterocycles. The van der Waals surface area contributed by atoms with Gasteiger partial charge in [-0.25, -0.2) is 8.42 Å². The summed E-state index contributed by atoms with van der Waals surface area (Å²) in [5.74, 6) is 0. The van der Waals surface area contributed by atoms with Gasteiger partial charge in [-0.1, -0.05) is 0 Å². The van der Waals surface area contributed by atoms with Crippen LogP contribution >= 0.6 is 0 Å². The molecule has 0 heterocycles. The molecule has 0 bridgehead atoms. The Kier molecular flexibility index (Phi) is 2.43. The Balaban J connectivity index is 3.75. The van der Waals surface area contributed by atoms with E-state index in [0.717, 1.165) is 6.26 Å². The first kappa shape index (κ1) is 7.91. The summed E-state index contributed by atoms with van der Waals surface area (Å²) in [6.07, 6.45) is 1.09. The van der Waals surface area contributed by atoms with Gasteiger partial charge in [0, 0.05) is 6.04 Å². The number of hydrogen-bond donors (Lipinski definition) is 0. The highest BCUT2D eigenvalue weighted by molar-refractivity contribution is 7.88. The predicted molar refractivity (Wildman–Crippen MR) is 32.1 cm³/mol. The smallest absolute Gasteiger partial charge is 0.211 e. The third kappa shape index (κ3) is 5.91. The summed E-state index contributed by atoms with van der Waals surface area (Å²) in [7, 11) is -3.10. The molecule has 0 unspecified atom stereocenters. The third-order valence-corrected chi connectivity index (χ3v) is 1.21. The SMILES string of the molecule is CC(C)[N]S(C)(=O)=O. The summed E-state index contributed by atoms with van der Waals surface area (Å²) in [5, 5.41) is 0. The van der Waals surface area contributed by atoms with Crippen LogP contribution in [0.3, 0.4) is 0 Å². The summed E-state index contributed by atoms with van der Waals surface area (Å²) in [5.41, 5.74) is 0. The van der Waals surface area contributed by atoms with Gasteiger partial charge in [-0.2, -0.15) is 0 Å². The van der Waals surface area contributed by atoms with Crippen LogP contribution in [0.5, 0.6) is 0 Å². The van der Waals surface area contributed by atoms with Gasteiger partial charge in [0.25, 0.3) is 0 Å². The topological polar surface area (TPSA) is 48.2 Å².